The smallest absolute Gasteiger partial charge is 0.0124 e. The van der Waals surface area contributed by atoms with Crippen LogP contribution in [0.4, 0.5) is 0 Å². The maximum Gasteiger partial charge on any atom is -0.0124 e. The standard InChI is InChI=1S/C13H16/c1-9-4-7-13-11(3)10(2)5-6-12(13)8-9/h4-8,10-11H,1-3H3. The first-order valence-electron chi connectivity index (χ1n) is 4.97. The van der Waals surface area contributed by atoms with Crippen LogP contribution in [-0.2, 0) is 0 Å². The summed E-state index contributed by atoms with van der Waals surface area (Å²) in [5.74, 6) is 1.34. The van der Waals surface area contributed by atoms with Crippen LogP contribution in [-0.4, -0.2) is 0 Å². The van der Waals surface area contributed by atoms with Crippen molar-refractivity contribution in [2.24, 2.45) is 5.92 Å². The van der Waals surface area contributed by atoms with Crippen LogP contribution < -0.4 is 0 Å². The van der Waals surface area contributed by atoms with Crippen LogP contribution in [0.2, 0.25) is 0 Å². The van der Waals surface area contributed by atoms with Gasteiger partial charge in [-0.3, -0.25) is 0 Å². The van der Waals surface area contributed by atoms with E-state index in [-0.39, 0.29) is 0 Å². The van der Waals surface area contributed by atoms with Crippen molar-refractivity contribution < 1.29 is 0 Å². The lowest BCUT2D eigenvalue weighted by atomic mass is 9.81. The second-order valence-electron chi connectivity index (χ2n) is 4.14. The zero-order valence-corrected chi connectivity index (χ0v) is 8.54. The molecule has 2 atom stereocenters. The summed E-state index contributed by atoms with van der Waals surface area (Å²) in [6.45, 7) is 6.74. The molecule has 1 aromatic carbocycles. The Morgan fingerprint density at radius 3 is 2.69 bits per heavy atom. The number of fused-ring (bicyclic) bond motifs is 1. The van der Waals surface area contributed by atoms with Crippen molar-refractivity contribution in [2.75, 3.05) is 0 Å². The average Bonchev–Trinajstić information content (AvgIpc) is 2.12. The lowest BCUT2D eigenvalue weighted by Crippen LogP contribution is -2.09. The lowest BCUT2D eigenvalue weighted by molar-refractivity contribution is 0.585. The van der Waals surface area contributed by atoms with Crippen LogP contribution in [0.15, 0.2) is 24.3 Å². The minimum absolute atomic E-state index is 0.667. The highest BCUT2D eigenvalue weighted by molar-refractivity contribution is 5.59. The molecule has 2 rings (SSSR count). The van der Waals surface area contributed by atoms with Crippen molar-refractivity contribution in [1.82, 2.24) is 0 Å². The van der Waals surface area contributed by atoms with E-state index in [2.05, 4.69) is 51.1 Å². The molecule has 0 bridgehead atoms. The van der Waals surface area contributed by atoms with E-state index in [9.17, 15) is 0 Å². The summed E-state index contributed by atoms with van der Waals surface area (Å²) >= 11 is 0. The Kier molecular flexibility index (Phi) is 1.99. The lowest BCUT2D eigenvalue weighted by Gasteiger charge is -2.24. The third kappa shape index (κ3) is 1.41. The largest absolute Gasteiger partial charge is 0.0805 e. The molecule has 0 saturated carbocycles. The molecule has 0 nitrogen and oxygen atoms in total. The quantitative estimate of drug-likeness (QED) is 0.559. The van der Waals surface area contributed by atoms with Gasteiger partial charge in [0, 0.05) is 0 Å². The van der Waals surface area contributed by atoms with Crippen molar-refractivity contribution in [2.45, 2.75) is 26.7 Å². The van der Waals surface area contributed by atoms with Crippen molar-refractivity contribution >= 4 is 6.08 Å². The number of allylic oxidation sites excluding steroid dienone is 1. The summed E-state index contributed by atoms with van der Waals surface area (Å²) in [6, 6.07) is 6.75. The second-order valence-corrected chi connectivity index (χ2v) is 4.14. The third-order valence-corrected chi connectivity index (χ3v) is 3.10. The minimum Gasteiger partial charge on any atom is -0.0805 e. The van der Waals surface area contributed by atoms with Gasteiger partial charge in [-0.1, -0.05) is 49.8 Å². The fourth-order valence-electron chi connectivity index (χ4n) is 1.96. The molecule has 68 valence electrons. The van der Waals surface area contributed by atoms with Gasteiger partial charge in [-0.05, 0) is 29.9 Å². The number of aryl methyl sites for hydroxylation is 1. The highest BCUT2D eigenvalue weighted by Gasteiger charge is 2.17. The molecule has 1 aliphatic carbocycles. The number of hydrogen-bond donors (Lipinski definition) is 0. The monoisotopic (exact) mass is 172 g/mol. The molecule has 0 heteroatoms. The van der Waals surface area contributed by atoms with Gasteiger partial charge in [0.2, 0.25) is 0 Å². The van der Waals surface area contributed by atoms with Crippen LogP contribution in [0.5, 0.6) is 0 Å². The van der Waals surface area contributed by atoms with E-state index in [1.165, 1.54) is 16.7 Å². The maximum absolute atomic E-state index is 2.31. The normalized spacial score (nSPS) is 25.8. The van der Waals surface area contributed by atoms with Crippen molar-refractivity contribution in [1.29, 1.82) is 0 Å². The maximum atomic E-state index is 2.31. The van der Waals surface area contributed by atoms with Crippen molar-refractivity contribution in [3.63, 3.8) is 0 Å². The molecule has 0 heterocycles. The van der Waals surface area contributed by atoms with Gasteiger partial charge >= 0.3 is 0 Å². The van der Waals surface area contributed by atoms with E-state index in [1.807, 2.05) is 0 Å². The summed E-state index contributed by atoms with van der Waals surface area (Å²) in [5, 5.41) is 0. The van der Waals surface area contributed by atoms with Crippen molar-refractivity contribution in [3.05, 3.63) is 41.0 Å². The Bertz CT molecular complexity index is 347. The molecule has 0 radical (unpaired) electrons. The molecular formula is C13H16. The van der Waals surface area contributed by atoms with E-state index in [4.69, 9.17) is 0 Å². The predicted octanol–water partition coefficient (Wildman–Crippen LogP) is 3.76. The molecular weight excluding hydrogens is 156 g/mol. The zero-order valence-electron chi connectivity index (χ0n) is 8.54. The van der Waals surface area contributed by atoms with Crippen molar-refractivity contribution in [3.8, 4) is 0 Å². The van der Waals surface area contributed by atoms with Crippen LogP contribution in [0.3, 0.4) is 0 Å². The number of rotatable bonds is 0. The molecule has 13 heavy (non-hydrogen) atoms. The average molecular weight is 172 g/mol. The van der Waals surface area contributed by atoms with Gasteiger partial charge in [-0.25, -0.2) is 0 Å². The molecule has 0 aromatic heterocycles. The summed E-state index contributed by atoms with van der Waals surface area (Å²) in [6.07, 6.45) is 4.57. The zero-order chi connectivity index (χ0) is 9.42. The van der Waals surface area contributed by atoms with Crippen LogP contribution in [0, 0.1) is 12.8 Å². The Labute approximate surface area is 80.3 Å². The third-order valence-electron chi connectivity index (χ3n) is 3.10. The topological polar surface area (TPSA) is 0 Å². The summed E-state index contributed by atoms with van der Waals surface area (Å²) in [7, 11) is 0. The summed E-state index contributed by atoms with van der Waals surface area (Å²) in [4.78, 5) is 0. The molecule has 0 amide bonds. The van der Waals surface area contributed by atoms with E-state index in [0.717, 1.165) is 0 Å². The van der Waals surface area contributed by atoms with E-state index in [0.29, 0.717) is 11.8 Å². The number of hydrogen-bond acceptors (Lipinski definition) is 0. The first kappa shape index (κ1) is 8.55. The van der Waals surface area contributed by atoms with E-state index >= 15 is 0 Å². The molecule has 0 N–H and O–H groups in total. The Hall–Kier alpha value is -1.04. The van der Waals surface area contributed by atoms with Gasteiger partial charge < -0.3 is 0 Å². The van der Waals surface area contributed by atoms with Gasteiger partial charge in [0.05, 0.1) is 0 Å². The highest BCUT2D eigenvalue weighted by atomic mass is 14.2. The SMILES string of the molecule is Cc1ccc2c(c1)C=CC(C)C2C. The fourth-order valence-corrected chi connectivity index (χ4v) is 1.96. The summed E-state index contributed by atoms with van der Waals surface area (Å²) in [5.41, 5.74) is 4.26. The predicted molar refractivity (Wildman–Crippen MR) is 57.8 cm³/mol. The van der Waals surface area contributed by atoms with Crippen LogP contribution >= 0.6 is 0 Å². The Morgan fingerprint density at radius 2 is 1.92 bits per heavy atom. The Balaban J connectivity index is 2.52. The molecule has 0 spiro atoms. The van der Waals surface area contributed by atoms with E-state index < -0.39 is 0 Å². The molecule has 0 saturated heterocycles. The molecule has 0 fully saturated rings. The van der Waals surface area contributed by atoms with Gasteiger partial charge in [0.25, 0.3) is 0 Å². The second kappa shape index (κ2) is 3.02. The molecule has 2 unspecified atom stereocenters. The molecule has 1 aromatic rings. The molecule has 1 aliphatic rings. The van der Waals surface area contributed by atoms with Gasteiger partial charge in [0.1, 0.15) is 0 Å². The summed E-state index contributed by atoms with van der Waals surface area (Å²) < 4.78 is 0. The fraction of sp³-hybridized carbons (Fsp3) is 0.385. The number of benzene rings is 1. The molecule has 0 aliphatic heterocycles. The van der Waals surface area contributed by atoms with Crippen LogP contribution in [0.1, 0.15) is 36.5 Å². The highest BCUT2D eigenvalue weighted by Crippen LogP contribution is 2.33. The first-order chi connectivity index (χ1) is 6.18. The van der Waals surface area contributed by atoms with E-state index in [1.54, 1.807) is 0 Å². The minimum atomic E-state index is 0.667. The Morgan fingerprint density at radius 1 is 1.15 bits per heavy atom. The van der Waals surface area contributed by atoms with Gasteiger partial charge in [-0.15, -0.1) is 0 Å². The first-order valence-corrected chi connectivity index (χ1v) is 4.97. The van der Waals surface area contributed by atoms with Gasteiger partial charge in [-0.2, -0.15) is 0 Å². The van der Waals surface area contributed by atoms with Crippen LogP contribution in [0.25, 0.3) is 6.08 Å². The van der Waals surface area contributed by atoms with Gasteiger partial charge in [0.15, 0.2) is 0 Å².